The van der Waals surface area contributed by atoms with E-state index < -0.39 is 0 Å². The topological polar surface area (TPSA) is 62.2 Å². The lowest BCUT2D eigenvalue weighted by molar-refractivity contribution is -0.142. The molecule has 3 aromatic carbocycles. The minimum Gasteiger partial charge on any atom is -0.508 e. The summed E-state index contributed by atoms with van der Waals surface area (Å²) < 4.78 is 12.9. The van der Waals surface area contributed by atoms with Gasteiger partial charge >= 0.3 is 0 Å². The number of hydrogen-bond acceptors (Lipinski definition) is 5. The maximum atomic E-state index is 14.3. The van der Waals surface area contributed by atoms with Crippen LogP contribution in [0.4, 0.5) is 0 Å². The maximum absolute atomic E-state index is 14.3. The number of amides is 1. The highest BCUT2D eigenvalue weighted by atomic mass is 16.5. The molecule has 1 spiro atoms. The third-order valence-electron chi connectivity index (χ3n) is 12.0. The van der Waals surface area contributed by atoms with E-state index in [2.05, 4.69) is 77.0 Å². The summed E-state index contributed by atoms with van der Waals surface area (Å²) in [6.45, 7) is 6.62. The van der Waals surface area contributed by atoms with E-state index in [1.807, 2.05) is 6.08 Å². The van der Waals surface area contributed by atoms with Crippen LogP contribution in [0, 0.1) is 5.92 Å². The van der Waals surface area contributed by atoms with Crippen LogP contribution < -0.4 is 9.47 Å². The Bertz CT molecular complexity index is 1580. The fraction of sp³-hybridized carbons (Fsp3) is 0.500. The first-order valence-corrected chi connectivity index (χ1v) is 18.4. The molecule has 254 valence electrons. The molecule has 1 amide bonds. The molecule has 2 aliphatic carbocycles. The van der Waals surface area contributed by atoms with Gasteiger partial charge in [0.2, 0.25) is 5.91 Å². The highest BCUT2D eigenvalue weighted by Crippen LogP contribution is 2.65. The van der Waals surface area contributed by atoms with Crippen molar-refractivity contribution in [3.05, 3.63) is 102 Å². The number of rotatable bonds is 15. The lowest BCUT2D eigenvalue weighted by Gasteiger charge is -2.60. The summed E-state index contributed by atoms with van der Waals surface area (Å²) >= 11 is 0. The van der Waals surface area contributed by atoms with Crippen molar-refractivity contribution in [1.82, 2.24) is 9.80 Å². The summed E-state index contributed by atoms with van der Waals surface area (Å²) in [5.74, 6) is 2.39. The van der Waals surface area contributed by atoms with Crippen LogP contribution in [0.2, 0.25) is 0 Å². The Morgan fingerprint density at radius 2 is 1.73 bits per heavy atom. The molecule has 3 aromatic rings. The Hall–Kier alpha value is -3.77. The first-order valence-electron chi connectivity index (χ1n) is 18.4. The molecule has 6 heteroatoms. The molecule has 2 bridgehead atoms. The van der Waals surface area contributed by atoms with Gasteiger partial charge in [0.15, 0.2) is 11.5 Å². The zero-order valence-electron chi connectivity index (χ0n) is 28.6. The standard InChI is InChI=1S/C42H52N2O4/c1-3-25-43-27-24-42-33-22-23-34(41(42)48-40-37(47-2)29-36(45)32(39(40)42)28-35(33)43)44(26-14-13-20-31-17-9-5-10-18-31)38(46)21-12-6-11-19-30-15-7-4-8-16-30/h3-5,7-10,15-18,29,33-35,41,45H,1,6,11-14,19-28H2,2H3/t33-,34+,35+,41-,42-/m0/s1. The van der Waals surface area contributed by atoms with Gasteiger partial charge in [-0.05, 0) is 87.8 Å². The van der Waals surface area contributed by atoms with Gasteiger partial charge in [0.25, 0.3) is 0 Å². The Kier molecular flexibility index (Phi) is 9.81. The predicted octanol–water partition coefficient (Wildman–Crippen LogP) is 7.65. The van der Waals surface area contributed by atoms with Crippen LogP contribution in [0.5, 0.6) is 17.2 Å². The first kappa shape index (κ1) is 32.8. The van der Waals surface area contributed by atoms with Gasteiger partial charge in [-0.15, -0.1) is 6.58 Å². The van der Waals surface area contributed by atoms with Crippen molar-refractivity contribution in [3.63, 3.8) is 0 Å². The molecule has 48 heavy (non-hydrogen) atoms. The molecular formula is C42H52N2O4. The molecule has 4 aliphatic rings. The molecule has 1 saturated carbocycles. The number of methoxy groups -OCH3 is 1. The Balaban J connectivity index is 1.14. The second kappa shape index (κ2) is 14.4. The van der Waals surface area contributed by atoms with Crippen molar-refractivity contribution < 1.29 is 19.4 Å². The van der Waals surface area contributed by atoms with Crippen molar-refractivity contribution in [2.45, 2.75) is 101 Å². The zero-order chi connectivity index (χ0) is 33.1. The predicted molar refractivity (Wildman–Crippen MR) is 191 cm³/mol. The van der Waals surface area contributed by atoms with E-state index in [9.17, 15) is 9.90 Å². The zero-order valence-corrected chi connectivity index (χ0v) is 28.6. The van der Waals surface area contributed by atoms with E-state index in [4.69, 9.17) is 9.47 Å². The number of benzene rings is 3. The number of piperidine rings is 1. The molecule has 2 fully saturated rings. The second-order valence-electron chi connectivity index (χ2n) is 14.5. The fourth-order valence-corrected chi connectivity index (χ4v) is 9.82. The van der Waals surface area contributed by atoms with E-state index in [-0.39, 0.29) is 23.5 Å². The van der Waals surface area contributed by atoms with Crippen LogP contribution in [0.15, 0.2) is 79.4 Å². The minimum atomic E-state index is -0.238. The van der Waals surface area contributed by atoms with Crippen molar-refractivity contribution >= 4 is 5.91 Å². The first-order chi connectivity index (χ1) is 23.5. The van der Waals surface area contributed by atoms with Gasteiger partial charge in [-0.3, -0.25) is 9.69 Å². The number of phenols is 1. The van der Waals surface area contributed by atoms with E-state index in [1.165, 1.54) is 16.7 Å². The molecule has 2 heterocycles. The number of nitrogens with zero attached hydrogens (tertiary/aromatic N) is 2. The van der Waals surface area contributed by atoms with Crippen LogP contribution >= 0.6 is 0 Å². The third-order valence-corrected chi connectivity index (χ3v) is 12.0. The lowest BCUT2D eigenvalue weighted by atomic mass is 9.50. The van der Waals surface area contributed by atoms with Gasteiger partial charge in [0.05, 0.1) is 13.2 Å². The van der Waals surface area contributed by atoms with Gasteiger partial charge in [-0.1, -0.05) is 73.2 Å². The summed E-state index contributed by atoms with van der Waals surface area (Å²) in [4.78, 5) is 19.1. The molecule has 1 N–H and O–H groups in total. The second-order valence-corrected chi connectivity index (χ2v) is 14.5. The number of likely N-dealkylation sites (tertiary alicyclic amines) is 1. The third kappa shape index (κ3) is 6.02. The molecule has 7 rings (SSSR count). The van der Waals surface area contributed by atoms with Crippen LogP contribution in [0.3, 0.4) is 0 Å². The van der Waals surface area contributed by atoms with Gasteiger partial charge in [0.1, 0.15) is 11.9 Å². The van der Waals surface area contributed by atoms with Gasteiger partial charge in [-0.25, -0.2) is 0 Å². The summed E-state index contributed by atoms with van der Waals surface area (Å²) in [6.07, 6.45) is 13.3. The van der Waals surface area contributed by atoms with Crippen molar-refractivity contribution in [3.8, 4) is 17.2 Å². The number of phenolic OH excluding ortho intramolecular Hbond substituents is 1. The van der Waals surface area contributed by atoms with Crippen LogP contribution in [-0.2, 0) is 29.5 Å². The number of aromatic hydroxyl groups is 1. The summed E-state index contributed by atoms with van der Waals surface area (Å²) in [6, 6.07) is 23.4. The SMILES string of the molecule is C=CCN1CC[C@]23c4c5c(O)cc(OC)c4O[C@H]2[C@H](N(CCCCc2ccccc2)C(=O)CCCCCc2ccccc2)CC[C@H]3[C@H]1C5. The van der Waals surface area contributed by atoms with E-state index in [1.54, 1.807) is 13.2 Å². The highest BCUT2D eigenvalue weighted by molar-refractivity contribution is 5.77. The quantitative estimate of drug-likeness (QED) is 0.136. The highest BCUT2D eigenvalue weighted by Gasteiger charge is 2.67. The number of hydrogen-bond donors (Lipinski definition) is 1. The summed E-state index contributed by atoms with van der Waals surface area (Å²) in [5, 5.41) is 11.3. The Morgan fingerprint density at radius 3 is 2.42 bits per heavy atom. The molecule has 6 nitrogen and oxygen atoms in total. The van der Waals surface area contributed by atoms with Gasteiger partial charge in [-0.2, -0.15) is 0 Å². The van der Waals surface area contributed by atoms with Crippen LogP contribution in [0.1, 0.15) is 80.0 Å². The largest absolute Gasteiger partial charge is 0.508 e. The Labute approximate surface area is 286 Å². The van der Waals surface area contributed by atoms with Gasteiger partial charge < -0.3 is 19.5 Å². The van der Waals surface area contributed by atoms with E-state index >= 15 is 0 Å². The molecule has 0 unspecified atom stereocenters. The Morgan fingerprint density at radius 1 is 1.02 bits per heavy atom. The van der Waals surface area contributed by atoms with Gasteiger partial charge in [0, 0.05) is 48.2 Å². The van der Waals surface area contributed by atoms with Crippen LogP contribution in [0.25, 0.3) is 0 Å². The number of carbonyl (C=O) groups excluding carboxylic acids is 1. The molecule has 5 atom stereocenters. The molecule has 2 aliphatic heterocycles. The molecule has 0 radical (unpaired) electrons. The minimum absolute atomic E-state index is 0.00778. The molecule has 1 saturated heterocycles. The van der Waals surface area contributed by atoms with Crippen LogP contribution in [-0.4, -0.2) is 65.7 Å². The molecular weight excluding hydrogens is 596 g/mol. The van der Waals surface area contributed by atoms with Crippen molar-refractivity contribution in [1.29, 1.82) is 0 Å². The molecule has 0 aromatic heterocycles. The maximum Gasteiger partial charge on any atom is 0.222 e. The number of ether oxygens (including phenoxy) is 2. The fourth-order valence-electron chi connectivity index (χ4n) is 9.82. The van der Waals surface area contributed by atoms with Crippen molar-refractivity contribution in [2.24, 2.45) is 5.92 Å². The normalized spacial score (nSPS) is 25.2. The monoisotopic (exact) mass is 648 g/mol. The average molecular weight is 649 g/mol. The average Bonchev–Trinajstić information content (AvgIpc) is 3.45. The van der Waals surface area contributed by atoms with E-state index in [0.29, 0.717) is 29.9 Å². The summed E-state index contributed by atoms with van der Waals surface area (Å²) in [5.41, 5.74) is 4.66. The smallest absolute Gasteiger partial charge is 0.222 e. The lowest BCUT2D eigenvalue weighted by Crippen LogP contribution is -2.69. The number of aryl methyl sites for hydroxylation is 2. The summed E-state index contributed by atoms with van der Waals surface area (Å²) in [7, 11) is 1.66. The van der Waals surface area contributed by atoms with Crippen molar-refractivity contribution in [2.75, 3.05) is 26.7 Å². The number of unbranched alkanes of at least 4 members (excludes halogenated alkanes) is 3. The van der Waals surface area contributed by atoms with E-state index in [0.717, 1.165) is 102 Å². The number of carbonyl (C=O) groups is 1.